The molecule has 3 aromatic carbocycles. The first-order valence-corrected chi connectivity index (χ1v) is 20.6. The molecule has 1 unspecified atom stereocenters. The zero-order valence-corrected chi connectivity index (χ0v) is 34.4. The highest BCUT2D eigenvalue weighted by Gasteiger charge is 2.27. The van der Waals surface area contributed by atoms with E-state index in [2.05, 4.69) is 21.3 Å². The normalized spacial score (nSPS) is 13.0. The lowest BCUT2D eigenvalue weighted by molar-refractivity contribution is -0.129. The third-order valence-electron chi connectivity index (χ3n) is 8.39. The van der Waals surface area contributed by atoms with Gasteiger partial charge in [-0.15, -0.1) is 0 Å². The van der Waals surface area contributed by atoms with Crippen molar-refractivity contribution in [3.05, 3.63) is 101 Å². The predicted molar refractivity (Wildman–Crippen MR) is 219 cm³/mol. The number of sulfonamides is 1. The highest BCUT2D eigenvalue weighted by Crippen LogP contribution is 2.22. The van der Waals surface area contributed by atoms with E-state index < -0.39 is 45.9 Å². The molecule has 0 aliphatic rings. The Bertz CT molecular complexity index is 1720. The molecule has 0 saturated carbocycles. The first-order chi connectivity index (χ1) is 25.6. The van der Waals surface area contributed by atoms with E-state index in [0.29, 0.717) is 19.3 Å². The van der Waals surface area contributed by atoms with Crippen molar-refractivity contribution in [3.63, 3.8) is 0 Å². The Morgan fingerprint density at radius 1 is 0.778 bits per heavy atom. The molecule has 0 aromatic heterocycles. The summed E-state index contributed by atoms with van der Waals surface area (Å²) in [5.41, 5.74) is 7.67. The molecule has 13 heteroatoms. The van der Waals surface area contributed by atoms with Crippen LogP contribution in [0.15, 0.2) is 78.9 Å². The molecule has 0 fully saturated rings. The van der Waals surface area contributed by atoms with Crippen molar-refractivity contribution in [3.8, 4) is 0 Å². The molecular weight excluding hydrogens is 705 g/mol. The number of nitrogens with zero attached hydrogens (tertiary/aromatic N) is 1. The number of carbonyl (C=O) groups is 4. The molecule has 0 heterocycles. The van der Waals surface area contributed by atoms with E-state index in [1.54, 1.807) is 13.8 Å². The molecule has 0 saturated heterocycles. The van der Waals surface area contributed by atoms with Crippen LogP contribution in [0.5, 0.6) is 0 Å². The van der Waals surface area contributed by atoms with E-state index in [0.717, 1.165) is 21.7 Å². The smallest absolute Gasteiger partial charge is 0.251 e. The maximum Gasteiger partial charge on any atom is 0.251 e. The predicted octanol–water partition coefficient (Wildman–Crippen LogP) is 5.35. The average Bonchev–Trinajstić information content (AvgIpc) is 3.16. The summed E-state index contributed by atoms with van der Waals surface area (Å²) in [7, 11) is -2.38. The lowest BCUT2D eigenvalue weighted by Gasteiger charge is -2.26. The number of hydrogen-bond acceptors (Lipinski definition) is 7. The number of primary amides is 1. The number of carbonyl (C=O) groups excluding carboxylic acids is 4. The first kappa shape index (κ1) is 47.3. The Balaban J connectivity index is 0.00000352. The van der Waals surface area contributed by atoms with Crippen LogP contribution < -0.4 is 31.3 Å². The monoisotopic (exact) mass is 766 g/mol. The standard InChI is InChI=1S/C37H50N6O6S.2C2H6/c1-7-14-32(37(47)42-33(24(2)3)34(38)44)39-23-30(19-26-15-10-8-11-16-26)41-36(46)29-20-28(21-31(22-29)43(5)50(6,48)49)35(45)40-25(4)27-17-12-9-13-18-27;2*1-2/h8-13,15-18,20-22,24-25,30,32-33,39H,7,14,19,23H2,1-6H3,(H2,38,44)(H,40,45)(H,41,46)(H,42,47);2*1-2H3/t25-,30+,32?,33+;;/m1../s1. The fourth-order valence-electron chi connectivity index (χ4n) is 5.41. The molecule has 0 aliphatic heterocycles. The maximum absolute atomic E-state index is 13.9. The van der Waals surface area contributed by atoms with Gasteiger partial charge in [0.05, 0.1) is 24.0 Å². The second kappa shape index (κ2) is 23.8. The van der Waals surface area contributed by atoms with E-state index in [9.17, 15) is 27.6 Å². The summed E-state index contributed by atoms with van der Waals surface area (Å²) in [6.07, 6.45) is 2.59. The molecule has 0 bridgehead atoms. The van der Waals surface area contributed by atoms with Gasteiger partial charge in [0.2, 0.25) is 21.8 Å². The largest absolute Gasteiger partial charge is 0.368 e. The van der Waals surface area contributed by atoms with Gasteiger partial charge in [-0.25, -0.2) is 8.42 Å². The van der Waals surface area contributed by atoms with E-state index in [-0.39, 0.29) is 41.2 Å². The summed E-state index contributed by atoms with van der Waals surface area (Å²) >= 11 is 0. The Morgan fingerprint density at radius 2 is 1.30 bits per heavy atom. The lowest BCUT2D eigenvalue weighted by Crippen LogP contribution is -2.55. The van der Waals surface area contributed by atoms with Crippen molar-refractivity contribution < 1.29 is 27.6 Å². The molecule has 12 nitrogen and oxygen atoms in total. The van der Waals surface area contributed by atoms with Crippen LogP contribution in [0.1, 0.15) is 106 Å². The third kappa shape index (κ3) is 15.3. The van der Waals surface area contributed by atoms with E-state index in [1.165, 1.54) is 25.2 Å². The Hall–Kier alpha value is -4.75. The number of amides is 4. The van der Waals surface area contributed by atoms with Gasteiger partial charge in [0, 0.05) is 30.8 Å². The van der Waals surface area contributed by atoms with Crippen LogP contribution in [0.25, 0.3) is 0 Å². The fraction of sp³-hybridized carbons (Fsp3) is 0.463. The molecule has 4 atom stereocenters. The molecule has 54 heavy (non-hydrogen) atoms. The van der Waals surface area contributed by atoms with Gasteiger partial charge in [-0.3, -0.25) is 23.5 Å². The van der Waals surface area contributed by atoms with Crippen LogP contribution in [-0.4, -0.2) is 70.0 Å². The number of hydrogen-bond donors (Lipinski definition) is 5. The molecular formula is C41H62N6O6S. The summed E-state index contributed by atoms with van der Waals surface area (Å²) in [5, 5.41) is 12.0. The Labute approximate surface area is 323 Å². The van der Waals surface area contributed by atoms with Crippen molar-refractivity contribution in [2.75, 3.05) is 24.2 Å². The van der Waals surface area contributed by atoms with Crippen LogP contribution in [0.3, 0.4) is 0 Å². The van der Waals surface area contributed by atoms with Gasteiger partial charge in [0.25, 0.3) is 11.8 Å². The van der Waals surface area contributed by atoms with Crippen LogP contribution in [0, 0.1) is 5.92 Å². The van der Waals surface area contributed by atoms with Crippen LogP contribution in [-0.2, 0) is 26.0 Å². The second-order valence-corrected chi connectivity index (χ2v) is 14.9. The highest BCUT2D eigenvalue weighted by molar-refractivity contribution is 7.92. The van der Waals surface area contributed by atoms with Crippen LogP contribution in [0.2, 0.25) is 0 Å². The first-order valence-electron chi connectivity index (χ1n) is 18.7. The molecule has 3 aromatic rings. The van der Waals surface area contributed by atoms with Gasteiger partial charge in [0.1, 0.15) is 6.04 Å². The minimum atomic E-state index is -3.73. The molecule has 298 valence electrons. The quantitative estimate of drug-likeness (QED) is 0.116. The van der Waals surface area contributed by atoms with Crippen molar-refractivity contribution in [2.24, 2.45) is 11.7 Å². The van der Waals surface area contributed by atoms with Crippen molar-refractivity contribution >= 4 is 39.3 Å². The van der Waals surface area contributed by atoms with E-state index in [1.807, 2.05) is 102 Å². The number of nitrogens with two attached hydrogens (primary N) is 1. The Morgan fingerprint density at radius 3 is 1.78 bits per heavy atom. The van der Waals surface area contributed by atoms with Crippen LogP contribution >= 0.6 is 0 Å². The minimum Gasteiger partial charge on any atom is -0.368 e. The van der Waals surface area contributed by atoms with E-state index in [4.69, 9.17) is 5.73 Å². The van der Waals surface area contributed by atoms with Gasteiger partial charge in [-0.05, 0) is 55.0 Å². The van der Waals surface area contributed by atoms with Gasteiger partial charge in [-0.1, -0.05) is 116 Å². The van der Waals surface area contributed by atoms with Crippen molar-refractivity contribution in [2.45, 2.75) is 98.8 Å². The summed E-state index contributed by atoms with van der Waals surface area (Å²) in [6, 6.07) is 20.8. The second-order valence-electron chi connectivity index (χ2n) is 12.8. The SMILES string of the molecule is CC.CC.CCCC(NC[C@H](Cc1ccccc1)NC(=O)c1cc(C(=O)N[C@H](C)c2ccccc2)cc(N(C)S(C)(=O)=O)c1)C(=O)N[C@H](C(N)=O)C(C)C. The average molecular weight is 767 g/mol. The number of rotatable bonds is 18. The molecule has 4 amide bonds. The zero-order chi connectivity index (χ0) is 41.0. The Kier molecular flexibility index (Phi) is 20.9. The zero-order valence-electron chi connectivity index (χ0n) is 33.6. The molecule has 3 rings (SSSR count). The van der Waals surface area contributed by atoms with Crippen LogP contribution in [0.4, 0.5) is 5.69 Å². The van der Waals surface area contributed by atoms with Gasteiger partial charge in [-0.2, -0.15) is 0 Å². The van der Waals surface area contributed by atoms with Gasteiger partial charge < -0.3 is 27.0 Å². The molecule has 0 spiro atoms. The molecule has 0 aliphatic carbocycles. The third-order valence-corrected chi connectivity index (χ3v) is 9.59. The summed E-state index contributed by atoms with van der Waals surface area (Å²) in [4.78, 5) is 52.6. The summed E-state index contributed by atoms with van der Waals surface area (Å²) < 4.78 is 26.0. The van der Waals surface area contributed by atoms with Crippen molar-refractivity contribution in [1.82, 2.24) is 21.3 Å². The van der Waals surface area contributed by atoms with Gasteiger partial charge >= 0.3 is 0 Å². The lowest BCUT2D eigenvalue weighted by atomic mass is 10.0. The highest BCUT2D eigenvalue weighted by atomic mass is 32.2. The molecule has 0 radical (unpaired) electrons. The number of anilines is 1. The van der Waals surface area contributed by atoms with Gasteiger partial charge in [0.15, 0.2) is 0 Å². The van der Waals surface area contributed by atoms with E-state index >= 15 is 0 Å². The minimum absolute atomic E-state index is 0.0812. The maximum atomic E-state index is 13.9. The number of benzene rings is 3. The molecule has 6 N–H and O–H groups in total. The van der Waals surface area contributed by atoms with Crippen molar-refractivity contribution in [1.29, 1.82) is 0 Å². The summed E-state index contributed by atoms with van der Waals surface area (Å²) in [6.45, 7) is 15.5. The number of nitrogens with one attached hydrogen (secondary N) is 4. The summed E-state index contributed by atoms with van der Waals surface area (Å²) in [5.74, 6) is -2.21. The fourth-order valence-corrected chi connectivity index (χ4v) is 5.90. The topological polar surface area (TPSA) is 180 Å².